The van der Waals surface area contributed by atoms with Gasteiger partial charge in [-0.1, -0.05) is 19.1 Å². The summed E-state index contributed by atoms with van der Waals surface area (Å²) in [4.78, 5) is 13.6. The fraction of sp³-hybridized carbons (Fsp3) is 0.316. The molecule has 2 aromatic rings. The van der Waals surface area contributed by atoms with Crippen LogP contribution < -0.4 is 4.90 Å². The van der Waals surface area contributed by atoms with Gasteiger partial charge in [0.1, 0.15) is 0 Å². The fourth-order valence-electron chi connectivity index (χ4n) is 2.50. The van der Waals surface area contributed by atoms with Crippen LogP contribution in [0.15, 0.2) is 53.4 Å². The van der Waals surface area contributed by atoms with E-state index in [1.165, 1.54) is 35.7 Å². The van der Waals surface area contributed by atoms with Crippen LogP contribution in [0.25, 0.3) is 0 Å². The predicted molar refractivity (Wildman–Crippen MR) is 102 cm³/mol. The molecule has 0 aliphatic heterocycles. The van der Waals surface area contributed by atoms with Crippen molar-refractivity contribution in [1.29, 1.82) is 0 Å². The number of anilines is 1. The summed E-state index contributed by atoms with van der Waals surface area (Å²) < 4.78 is 31.8. The highest BCUT2D eigenvalue weighted by Crippen LogP contribution is 2.20. The quantitative estimate of drug-likeness (QED) is 0.695. The van der Waals surface area contributed by atoms with Crippen LogP contribution >= 0.6 is 0 Å². The monoisotopic (exact) mass is 376 g/mol. The lowest BCUT2D eigenvalue weighted by molar-refractivity contribution is 0.0600. The van der Waals surface area contributed by atoms with E-state index in [4.69, 9.17) is 0 Å². The summed E-state index contributed by atoms with van der Waals surface area (Å²) in [5, 5.41) is 0. The van der Waals surface area contributed by atoms with Gasteiger partial charge in [0.05, 0.1) is 17.6 Å². The standard InChI is InChI=1S/C19H24N2O4S/c1-5-21(14-15-6-10-17(11-7-15)20(2)3)26(23,24)18-12-8-16(9-13-18)19(22)25-4/h6-13H,5,14H2,1-4H3. The number of hydrogen-bond donors (Lipinski definition) is 0. The zero-order valence-corrected chi connectivity index (χ0v) is 16.3. The molecule has 140 valence electrons. The lowest BCUT2D eigenvalue weighted by Gasteiger charge is -2.21. The summed E-state index contributed by atoms with van der Waals surface area (Å²) >= 11 is 0. The van der Waals surface area contributed by atoms with Crippen molar-refractivity contribution >= 4 is 21.7 Å². The molecule has 0 bridgehead atoms. The molecule has 0 heterocycles. The van der Waals surface area contributed by atoms with E-state index < -0.39 is 16.0 Å². The van der Waals surface area contributed by atoms with Gasteiger partial charge >= 0.3 is 5.97 Å². The molecule has 0 saturated heterocycles. The zero-order chi connectivity index (χ0) is 19.3. The largest absolute Gasteiger partial charge is 0.465 e. The first kappa shape index (κ1) is 19.9. The van der Waals surface area contributed by atoms with Crippen LogP contribution in [0.4, 0.5) is 5.69 Å². The highest BCUT2D eigenvalue weighted by molar-refractivity contribution is 7.89. The van der Waals surface area contributed by atoms with Gasteiger partial charge in [-0.05, 0) is 42.0 Å². The van der Waals surface area contributed by atoms with Crippen molar-refractivity contribution < 1.29 is 17.9 Å². The smallest absolute Gasteiger partial charge is 0.337 e. The third kappa shape index (κ3) is 4.42. The van der Waals surface area contributed by atoms with E-state index in [9.17, 15) is 13.2 Å². The summed E-state index contributed by atoms with van der Waals surface area (Å²) in [5.41, 5.74) is 2.28. The topological polar surface area (TPSA) is 66.9 Å². The molecule has 0 spiro atoms. The number of carbonyl (C=O) groups excluding carboxylic acids is 1. The first-order chi connectivity index (χ1) is 12.3. The average molecular weight is 376 g/mol. The maximum Gasteiger partial charge on any atom is 0.337 e. The van der Waals surface area contributed by atoms with Crippen LogP contribution in [0.1, 0.15) is 22.8 Å². The Kier molecular flexibility index (Phi) is 6.39. The van der Waals surface area contributed by atoms with Crippen molar-refractivity contribution in [3.8, 4) is 0 Å². The van der Waals surface area contributed by atoms with E-state index in [-0.39, 0.29) is 11.4 Å². The van der Waals surface area contributed by atoms with Crippen molar-refractivity contribution in [3.63, 3.8) is 0 Å². The molecule has 2 aromatic carbocycles. The molecule has 0 atom stereocenters. The Morgan fingerprint density at radius 2 is 1.58 bits per heavy atom. The molecule has 0 saturated carbocycles. The maximum atomic E-state index is 12.9. The molecule has 6 nitrogen and oxygen atoms in total. The van der Waals surface area contributed by atoms with Crippen LogP contribution in [-0.2, 0) is 21.3 Å². The predicted octanol–water partition coefficient (Wildman–Crippen LogP) is 2.75. The highest BCUT2D eigenvalue weighted by atomic mass is 32.2. The Hall–Kier alpha value is -2.38. The minimum atomic E-state index is -3.65. The Bertz CT molecular complexity index is 844. The summed E-state index contributed by atoms with van der Waals surface area (Å²) in [6.45, 7) is 2.43. The summed E-state index contributed by atoms with van der Waals surface area (Å²) in [6.07, 6.45) is 0. The molecule has 0 N–H and O–H groups in total. The summed E-state index contributed by atoms with van der Waals surface area (Å²) in [5.74, 6) is -0.498. The lowest BCUT2D eigenvalue weighted by atomic mass is 10.2. The second-order valence-corrected chi connectivity index (χ2v) is 7.95. The van der Waals surface area contributed by atoms with Crippen LogP contribution in [0.3, 0.4) is 0 Å². The van der Waals surface area contributed by atoms with E-state index in [0.717, 1.165) is 11.3 Å². The molecule has 0 aliphatic rings. The molecule has 0 fully saturated rings. The third-order valence-electron chi connectivity index (χ3n) is 4.08. The minimum absolute atomic E-state index is 0.150. The zero-order valence-electron chi connectivity index (χ0n) is 15.5. The number of esters is 1. The number of rotatable bonds is 7. The number of nitrogens with zero attached hydrogens (tertiary/aromatic N) is 2. The molecule has 0 unspecified atom stereocenters. The van der Waals surface area contributed by atoms with Gasteiger partial charge < -0.3 is 9.64 Å². The van der Waals surface area contributed by atoms with Crippen LogP contribution in [0, 0.1) is 0 Å². The summed E-state index contributed by atoms with van der Waals surface area (Å²) in [6, 6.07) is 13.5. The molecule has 0 radical (unpaired) electrons. The van der Waals surface area contributed by atoms with E-state index in [0.29, 0.717) is 12.1 Å². The Balaban J connectivity index is 2.23. The van der Waals surface area contributed by atoms with Gasteiger partial charge in [0.25, 0.3) is 0 Å². The SMILES string of the molecule is CCN(Cc1ccc(N(C)C)cc1)S(=O)(=O)c1ccc(C(=O)OC)cc1. The van der Waals surface area contributed by atoms with Crippen LogP contribution in [0.2, 0.25) is 0 Å². The fourth-order valence-corrected chi connectivity index (χ4v) is 3.94. The lowest BCUT2D eigenvalue weighted by Crippen LogP contribution is -2.30. The molecule has 0 aromatic heterocycles. The Morgan fingerprint density at radius 1 is 1.00 bits per heavy atom. The molecule has 0 aliphatic carbocycles. The first-order valence-corrected chi connectivity index (χ1v) is 9.68. The van der Waals surface area contributed by atoms with Gasteiger partial charge in [0.15, 0.2) is 0 Å². The van der Waals surface area contributed by atoms with Gasteiger partial charge in [-0.3, -0.25) is 0 Å². The van der Waals surface area contributed by atoms with Crippen molar-refractivity contribution in [3.05, 3.63) is 59.7 Å². The highest BCUT2D eigenvalue weighted by Gasteiger charge is 2.23. The molecule has 26 heavy (non-hydrogen) atoms. The van der Waals surface area contributed by atoms with Crippen molar-refractivity contribution in [2.45, 2.75) is 18.4 Å². The Labute approximate surface area is 155 Å². The van der Waals surface area contributed by atoms with E-state index in [1.54, 1.807) is 6.92 Å². The molecule has 7 heteroatoms. The maximum absolute atomic E-state index is 12.9. The number of benzene rings is 2. The van der Waals surface area contributed by atoms with Gasteiger partial charge in [-0.15, -0.1) is 0 Å². The number of carbonyl (C=O) groups is 1. The van der Waals surface area contributed by atoms with E-state index in [2.05, 4.69) is 4.74 Å². The number of hydrogen-bond acceptors (Lipinski definition) is 5. The van der Waals surface area contributed by atoms with Gasteiger partial charge in [-0.25, -0.2) is 13.2 Å². The van der Waals surface area contributed by atoms with Crippen molar-refractivity contribution in [1.82, 2.24) is 4.31 Å². The first-order valence-electron chi connectivity index (χ1n) is 8.24. The molecule has 2 rings (SSSR count). The van der Waals surface area contributed by atoms with E-state index in [1.807, 2.05) is 43.3 Å². The summed E-state index contributed by atoms with van der Waals surface area (Å²) in [7, 11) is 1.54. The number of sulfonamides is 1. The molecular weight excluding hydrogens is 352 g/mol. The van der Waals surface area contributed by atoms with Gasteiger partial charge in [-0.2, -0.15) is 4.31 Å². The van der Waals surface area contributed by atoms with Gasteiger partial charge in [0.2, 0.25) is 10.0 Å². The third-order valence-corrected chi connectivity index (χ3v) is 6.01. The van der Waals surface area contributed by atoms with Crippen LogP contribution in [0.5, 0.6) is 0 Å². The average Bonchev–Trinajstić information content (AvgIpc) is 2.65. The second kappa shape index (κ2) is 8.33. The Morgan fingerprint density at radius 3 is 2.04 bits per heavy atom. The minimum Gasteiger partial charge on any atom is -0.465 e. The number of methoxy groups -OCH3 is 1. The van der Waals surface area contributed by atoms with Gasteiger partial charge in [0, 0.05) is 32.9 Å². The normalized spacial score (nSPS) is 11.4. The second-order valence-electron chi connectivity index (χ2n) is 6.01. The molecule has 0 amide bonds. The molecular formula is C19H24N2O4S. The van der Waals surface area contributed by atoms with Crippen molar-refractivity contribution in [2.24, 2.45) is 0 Å². The van der Waals surface area contributed by atoms with Crippen LogP contribution in [-0.4, -0.2) is 46.4 Å². The van der Waals surface area contributed by atoms with E-state index >= 15 is 0 Å². The van der Waals surface area contributed by atoms with Crippen molar-refractivity contribution in [2.75, 3.05) is 32.6 Å². The number of ether oxygens (including phenoxy) is 1.